The Morgan fingerprint density at radius 1 is 1.07 bits per heavy atom. The molecule has 1 amide bonds. The molecular weight excluding hydrogens is 380 g/mol. The molecule has 1 atom stereocenters. The summed E-state index contributed by atoms with van der Waals surface area (Å²) in [4.78, 5) is 16.8. The van der Waals surface area contributed by atoms with Crippen LogP contribution < -0.4 is 14.8 Å². The van der Waals surface area contributed by atoms with Gasteiger partial charge < -0.3 is 19.5 Å². The van der Waals surface area contributed by atoms with Crippen molar-refractivity contribution in [3.8, 4) is 11.6 Å². The number of hydrogen-bond acceptors (Lipinski definition) is 5. The molecule has 4 rings (SSSR count). The van der Waals surface area contributed by atoms with Crippen molar-refractivity contribution >= 4 is 11.6 Å². The summed E-state index contributed by atoms with van der Waals surface area (Å²) in [6.45, 7) is 1.71. The van der Waals surface area contributed by atoms with E-state index in [1.165, 1.54) is 0 Å². The van der Waals surface area contributed by atoms with Gasteiger partial charge in [-0.3, -0.25) is 4.79 Å². The maximum atomic E-state index is 12.7. The van der Waals surface area contributed by atoms with Gasteiger partial charge in [0.1, 0.15) is 19.0 Å². The highest BCUT2D eigenvalue weighted by molar-refractivity contribution is 6.04. The number of ether oxygens (including phenoxy) is 3. The Kier molecular flexibility index (Phi) is 6.57. The Bertz CT molecular complexity index is 972. The number of nitrogens with one attached hydrogen (secondary N) is 1. The maximum absolute atomic E-state index is 12.7. The monoisotopic (exact) mass is 404 g/mol. The fourth-order valence-electron chi connectivity index (χ4n) is 3.19. The molecule has 0 spiro atoms. The fraction of sp³-hybridized carbons (Fsp3) is 0.250. The van der Waals surface area contributed by atoms with E-state index in [1.54, 1.807) is 24.4 Å². The molecule has 154 valence electrons. The van der Waals surface area contributed by atoms with E-state index >= 15 is 0 Å². The van der Waals surface area contributed by atoms with Crippen LogP contribution in [0.15, 0.2) is 72.9 Å². The van der Waals surface area contributed by atoms with Gasteiger partial charge in [0.2, 0.25) is 5.88 Å². The number of aromatic nitrogens is 1. The van der Waals surface area contributed by atoms with Gasteiger partial charge >= 0.3 is 0 Å². The van der Waals surface area contributed by atoms with Gasteiger partial charge in [0.25, 0.3) is 5.91 Å². The lowest BCUT2D eigenvalue weighted by atomic mass is 10.2. The first kappa shape index (κ1) is 19.9. The summed E-state index contributed by atoms with van der Waals surface area (Å²) in [5, 5.41) is 2.89. The number of pyridine rings is 1. The Labute approximate surface area is 175 Å². The molecule has 1 unspecified atom stereocenters. The molecule has 1 aromatic heterocycles. The van der Waals surface area contributed by atoms with Crippen LogP contribution in [0.5, 0.6) is 11.6 Å². The minimum atomic E-state index is -0.238. The average molecular weight is 404 g/mol. The van der Waals surface area contributed by atoms with E-state index in [9.17, 15) is 4.79 Å². The summed E-state index contributed by atoms with van der Waals surface area (Å²) in [5.74, 6) is 0.864. The van der Waals surface area contributed by atoms with E-state index in [0.29, 0.717) is 36.1 Å². The smallest absolute Gasteiger partial charge is 0.255 e. The first-order valence-electron chi connectivity index (χ1n) is 10.0. The number of anilines is 1. The predicted octanol–water partition coefficient (Wildman–Crippen LogP) is 4.47. The number of nitrogens with zero attached hydrogens (tertiary/aromatic N) is 1. The third-order valence-electron chi connectivity index (χ3n) is 4.78. The first-order valence-corrected chi connectivity index (χ1v) is 10.0. The van der Waals surface area contributed by atoms with Crippen LogP contribution in [0.1, 0.15) is 28.8 Å². The molecule has 1 saturated heterocycles. The average Bonchev–Trinajstić information content (AvgIpc) is 3.31. The molecule has 0 aliphatic carbocycles. The van der Waals surface area contributed by atoms with Gasteiger partial charge in [-0.2, -0.15) is 0 Å². The molecule has 1 aliphatic rings. The van der Waals surface area contributed by atoms with Gasteiger partial charge in [0, 0.05) is 36.2 Å². The topological polar surface area (TPSA) is 69.7 Å². The van der Waals surface area contributed by atoms with E-state index in [2.05, 4.69) is 10.3 Å². The van der Waals surface area contributed by atoms with Crippen molar-refractivity contribution in [2.75, 3.05) is 18.5 Å². The van der Waals surface area contributed by atoms with Crippen LogP contribution in [-0.2, 0) is 11.3 Å². The van der Waals surface area contributed by atoms with Crippen LogP contribution in [0.25, 0.3) is 0 Å². The molecule has 1 fully saturated rings. The summed E-state index contributed by atoms with van der Waals surface area (Å²) < 4.78 is 17.1. The molecule has 1 aliphatic heterocycles. The van der Waals surface area contributed by atoms with Crippen molar-refractivity contribution in [2.45, 2.75) is 25.6 Å². The lowest BCUT2D eigenvalue weighted by Gasteiger charge is -2.13. The van der Waals surface area contributed by atoms with Crippen LogP contribution in [0.2, 0.25) is 0 Å². The summed E-state index contributed by atoms with van der Waals surface area (Å²) in [5.41, 5.74) is 2.17. The summed E-state index contributed by atoms with van der Waals surface area (Å²) in [6, 6.07) is 20.5. The molecule has 6 nitrogen and oxygen atoms in total. The Hall–Kier alpha value is -3.38. The molecule has 30 heavy (non-hydrogen) atoms. The van der Waals surface area contributed by atoms with Crippen molar-refractivity contribution in [1.82, 2.24) is 4.98 Å². The molecule has 2 heterocycles. The number of hydrogen-bond donors (Lipinski definition) is 1. The Morgan fingerprint density at radius 2 is 1.97 bits per heavy atom. The highest BCUT2D eigenvalue weighted by atomic mass is 16.5. The van der Waals surface area contributed by atoms with Crippen molar-refractivity contribution in [3.05, 3.63) is 84.1 Å². The van der Waals surface area contributed by atoms with E-state index in [4.69, 9.17) is 14.2 Å². The second kappa shape index (κ2) is 9.89. The zero-order chi connectivity index (χ0) is 20.6. The lowest BCUT2D eigenvalue weighted by Crippen LogP contribution is -2.16. The minimum absolute atomic E-state index is 0.148. The van der Waals surface area contributed by atoms with Gasteiger partial charge in [0.15, 0.2) is 0 Å². The van der Waals surface area contributed by atoms with E-state index in [1.807, 2.05) is 48.5 Å². The van der Waals surface area contributed by atoms with Crippen LogP contribution in [0, 0.1) is 0 Å². The Balaban J connectivity index is 1.34. The molecule has 2 aromatic carbocycles. The third-order valence-corrected chi connectivity index (χ3v) is 4.78. The number of carbonyl (C=O) groups is 1. The normalized spacial score (nSPS) is 15.5. The second-order valence-electron chi connectivity index (χ2n) is 7.09. The van der Waals surface area contributed by atoms with Crippen LogP contribution >= 0.6 is 0 Å². The molecule has 1 N–H and O–H groups in total. The van der Waals surface area contributed by atoms with Crippen molar-refractivity contribution in [3.63, 3.8) is 0 Å². The first-order chi connectivity index (χ1) is 14.8. The fourth-order valence-corrected chi connectivity index (χ4v) is 3.19. The largest absolute Gasteiger partial charge is 0.491 e. The zero-order valence-electron chi connectivity index (χ0n) is 16.6. The summed E-state index contributed by atoms with van der Waals surface area (Å²) in [6.07, 6.45) is 3.81. The third kappa shape index (κ3) is 5.58. The van der Waals surface area contributed by atoms with E-state index in [0.717, 1.165) is 25.0 Å². The van der Waals surface area contributed by atoms with Crippen LogP contribution in [0.3, 0.4) is 0 Å². The minimum Gasteiger partial charge on any atom is -0.491 e. The van der Waals surface area contributed by atoms with E-state index in [-0.39, 0.29) is 12.0 Å². The Morgan fingerprint density at radius 3 is 2.80 bits per heavy atom. The molecule has 0 radical (unpaired) electrons. The maximum Gasteiger partial charge on any atom is 0.255 e. The molecule has 6 heteroatoms. The number of carbonyl (C=O) groups excluding carboxylic acids is 1. The van der Waals surface area contributed by atoms with Gasteiger partial charge in [0.05, 0.1) is 6.10 Å². The van der Waals surface area contributed by atoms with Crippen molar-refractivity contribution in [1.29, 1.82) is 0 Å². The molecule has 0 bridgehead atoms. The van der Waals surface area contributed by atoms with Gasteiger partial charge in [-0.05, 0) is 36.6 Å². The van der Waals surface area contributed by atoms with Crippen LogP contribution in [0.4, 0.5) is 5.69 Å². The van der Waals surface area contributed by atoms with E-state index < -0.39 is 0 Å². The van der Waals surface area contributed by atoms with Crippen molar-refractivity contribution in [2.24, 2.45) is 0 Å². The molecule has 3 aromatic rings. The molecular formula is C24H24N2O4. The van der Waals surface area contributed by atoms with Gasteiger partial charge in [-0.1, -0.05) is 36.4 Å². The quantitative estimate of drug-likeness (QED) is 0.600. The second-order valence-corrected chi connectivity index (χ2v) is 7.09. The lowest BCUT2D eigenvalue weighted by molar-refractivity contribution is 0.0680. The highest BCUT2D eigenvalue weighted by Gasteiger charge is 2.16. The van der Waals surface area contributed by atoms with Gasteiger partial charge in [-0.15, -0.1) is 0 Å². The molecule has 0 saturated carbocycles. The standard InChI is InChI=1S/C24H24N2O4/c27-24(19-11-12-25-23(14-19)30-16-18-6-2-1-3-7-18)26-20-8-4-9-21(15-20)29-17-22-10-5-13-28-22/h1-4,6-9,11-12,14-15,22H,5,10,13,16-17H2,(H,26,27). The van der Waals surface area contributed by atoms with Gasteiger partial charge in [-0.25, -0.2) is 4.98 Å². The number of amides is 1. The SMILES string of the molecule is O=C(Nc1cccc(OCC2CCCO2)c1)c1ccnc(OCc2ccccc2)c1. The van der Waals surface area contributed by atoms with Crippen LogP contribution in [-0.4, -0.2) is 30.2 Å². The number of rotatable bonds is 8. The number of benzene rings is 2. The summed E-state index contributed by atoms with van der Waals surface area (Å²) >= 11 is 0. The zero-order valence-corrected chi connectivity index (χ0v) is 16.6. The summed E-state index contributed by atoms with van der Waals surface area (Å²) in [7, 11) is 0. The predicted molar refractivity (Wildman–Crippen MR) is 114 cm³/mol. The highest BCUT2D eigenvalue weighted by Crippen LogP contribution is 2.21. The van der Waals surface area contributed by atoms with Crippen molar-refractivity contribution < 1.29 is 19.0 Å².